The van der Waals surface area contributed by atoms with Crippen LogP contribution >= 0.6 is 70.4 Å². The zero-order valence-electron chi connectivity index (χ0n) is 83.5. The molecule has 8 N–H and O–H groups in total. The molecule has 0 saturated heterocycles. The van der Waals surface area contributed by atoms with Gasteiger partial charge < -0.3 is 40.7 Å². The quantitative estimate of drug-likeness (QED) is 0.0177. The number of aromatic nitrogens is 12. The normalized spacial score (nSPS) is 12.3. The van der Waals surface area contributed by atoms with E-state index in [0.29, 0.717) is 92.0 Å². The van der Waals surface area contributed by atoms with E-state index in [1.165, 1.54) is 121 Å². The Kier molecular flexibility index (Phi) is 36.9. The van der Waals surface area contributed by atoms with Crippen molar-refractivity contribution in [1.29, 1.82) is 0 Å². The van der Waals surface area contributed by atoms with Gasteiger partial charge in [0.15, 0.2) is 22.6 Å². The number of rotatable bonds is 22. The number of hydrogen-bond donors (Lipinski definition) is 8. The van der Waals surface area contributed by atoms with Crippen molar-refractivity contribution >= 4 is 224 Å². The van der Waals surface area contributed by atoms with E-state index in [2.05, 4.69) is 139 Å². The number of halogens is 4. The number of nitrogens with one attached hydrogen (secondary N) is 4. The highest BCUT2D eigenvalue weighted by molar-refractivity contribution is 14.1. The van der Waals surface area contributed by atoms with E-state index in [0.717, 1.165) is 47.0 Å². The SMILES string of the molecule is C=CC(=O)Nc1cccc(-c2cnc3[nH]cc(-c4cccc(S(=O)(=O)N(C)C(C)(C)C)c4)c3n2)c1.C=CC(=O)Nc1cccc(B(O)O)c1.CN(C(C)(C)C)S(=O)(=O)c1cccc(-c2c[nH]c3ncc(Br)nc23)c1.CN(C(C)(C)C)S(=O)(=O)c1cccc(B(O)O)c1.Cc1ccc(S(=O)(=O)n2cc(-c3cccc(S(=O)(=O)N(C)C(C)(C)C)c3)c3nc(Br)cnc32)cc1.Cc1ccc(S(=O)(=O)n2cc(I)c3nc(Br)cnc32)cc1. The molecule has 0 unspecified atom stereocenters. The van der Waals surface area contributed by atoms with E-state index in [9.17, 15) is 60.1 Å². The molecule has 0 bridgehead atoms. The molecule has 48 heteroatoms. The van der Waals surface area contributed by atoms with Crippen LogP contribution in [0, 0.1) is 17.4 Å². The highest BCUT2D eigenvalue weighted by Gasteiger charge is 2.37. The second-order valence-electron chi connectivity index (χ2n) is 37.3. The van der Waals surface area contributed by atoms with E-state index in [1.54, 1.807) is 175 Å². The van der Waals surface area contributed by atoms with E-state index in [4.69, 9.17) is 25.1 Å². The number of sulfonamides is 4. The largest absolute Gasteiger partial charge is 0.488 e. The number of carbonyl (C=O) groups is 2. The molecule has 0 atom stereocenters. The molecular formula is C100H108B2Br3IN18O18S6. The third kappa shape index (κ3) is 27.6. The van der Waals surface area contributed by atoms with Gasteiger partial charge in [-0.15, -0.1) is 0 Å². The van der Waals surface area contributed by atoms with Crippen molar-refractivity contribution < 1.29 is 80.2 Å². The van der Waals surface area contributed by atoms with Gasteiger partial charge in [-0.05, 0) is 304 Å². The molecule has 0 aliphatic heterocycles. The summed E-state index contributed by atoms with van der Waals surface area (Å²) in [6.45, 7) is 32.5. The topological polar surface area (TPSA) is 501 Å². The number of benzene rings is 8. The number of amides is 2. The second-order valence-corrected chi connectivity index (χ2v) is 52.4. The number of aryl methyl sites for hydroxylation is 2. The third-order valence-electron chi connectivity index (χ3n) is 23.0. The Balaban J connectivity index is 0.000000173. The number of aromatic amines is 2. The number of carbonyl (C=O) groups excluding carboxylic acids is 2. The van der Waals surface area contributed by atoms with Crippen LogP contribution in [-0.4, -0.2) is 222 Å². The summed E-state index contributed by atoms with van der Waals surface area (Å²) in [5.74, 6) is -0.641. The fraction of sp³-hybridized carbons (Fsp3) is 0.220. The molecule has 0 spiro atoms. The van der Waals surface area contributed by atoms with Crippen molar-refractivity contribution in [3.8, 4) is 44.6 Å². The summed E-state index contributed by atoms with van der Waals surface area (Å²) in [4.78, 5) is 64.9. The Hall–Kier alpha value is -11.7. The number of hydrogen-bond acceptors (Lipinski definition) is 26. The highest BCUT2D eigenvalue weighted by Crippen LogP contribution is 2.39. The van der Waals surface area contributed by atoms with Gasteiger partial charge in [0.25, 0.3) is 20.0 Å². The van der Waals surface area contributed by atoms with Gasteiger partial charge >= 0.3 is 14.2 Å². The lowest BCUT2D eigenvalue weighted by atomic mass is 9.80. The lowest BCUT2D eigenvalue weighted by molar-refractivity contribution is -0.112. The first-order chi connectivity index (χ1) is 68.9. The van der Waals surface area contributed by atoms with Gasteiger partial charge in [-0.2, -0.15) is 17.2 Å². The fourth-order valence-corrected chi connectivity index (χ4v) is 24.3. The van der Waals surface area contributed by atoms with Gasteiger partial charge in [0.1, 0.15) is 35.9 Å². The van der Waals surface area contributed by atoms with Crippen molar-refractivity contribution in [3.05, 3.63) is 298 Å². The molecule has 0 aliphatic rings. The molecular weight excluding hydrogens is 2320 g/mol. The Labute approximate surface area is 900 Å². The van der Waals surface area contributed by atoms with Crippen molar-refractivity contribution in [3.63, 3.8) is 0 Å². The second kappa shape index (κ2) is 46.8. The summed E-state index contributed by atoms with van der Waals surface area (Å²) in [7, 11) is -19.4. The maximum atomic E-state index is 13.5. The number of anilines is 2. The number of fused-ring (bicyclic) bond motifs is 4. The van der Waals surface area contributed by atoms with Crippen LogP contribution in [0.5, 0.6) is 0 Å². The summed E-state index contributed by atoms with van der Waals surface area (Å²) in [5, 5.41) is 41.1. The standard InChI is InChI=1S/C26H27N5O3S.C24H25BrN4O4S2.C17H19BrN4O2S.C13H9BrIN3O2S.C11H18BNO4S.C9H10BNO3/c1-6-23(32)29-19-11-7-10-18(13-19)22-16-28-25-24(30-22)21(15-27-25)17-9-8-12-20(14-17)35(33,34)31(5)26(2,3)4;1-16-9-11-18(12-10-16)35(32,33)29-15-20(22-23(29)26-14-21(25)27-22)17-7-6-8-19(13-17)34(30,31)28(5)24(2,3)4;1-17(2,3)22(4)25(23,24)12-7-5-6-11(8-12)13-9-19-16-15(13)21-14(18)10-20-16;1-8-2-4-9(5-3-8)21(19,20)18-7-10(15)12-13(18)16-6-11(14)17-12;1-11(2,3)13(4)18(16,17)10-7-5-6-9(8-10)12(14)15;1-2-9(12)11-8-5-3-4-7(6-8)10(13)14/h6-16H,1H2,2-5H3,(H,27,28)(H,29,32);6-15H,1-5H3;5-10H,1-4H3,(H,19,20);2-7H,1H3;5-8,14-15H,1-4H3;2-6,13-14H,1H2,(H,11,12). The van der Waals surface area contributed by atoms with Gasteiger partial charge in [-0.3, -0.25) is 9.59 Å². The van der Waals surface area contributed by atoms with Crippen molar-refractivity contribution in [2.24, 2.45) is 0 Å². The van der Waals surface area contributed by atoms with E-state index >= 15 is 0 Å². The smallest absolute Gasteiger partial charge is 0.423 e. The van der Waals surface area contributed by atoms with Crippen LogP contribution in [-0.2, 0) is 69.7 Å². The molecule has 8 aromatic carbocycles. The minimum absolute atomic E-state index is 0.0468. The summed E-state index contributed by atoms with van der Waals surface area (Å²) in [6, 6.07) is 52.5. The maximum absolute atomic E-state index is 13.5. The molecule has 16 rings (SSSR count). The average molecular weight is 2430 g/mol. The molecule has 0 fully saturated rings. The first kappa shape index (κ1) is 117. The molecule has 36 nitrogen and oxygen atoms in total. The van der Waals surface area contributed by atoms with Gasteiger partial charge in [-0.25, -0.2) is 98.3 Å². The number of nitrogens with zero attached hydrogens (tertiary/aromatic N) is 14. The minimum atomic E-state index is -3.98. The molecule has 16 aromatic rings. The van der Waals surface area contributed by atoms with Gasteiger partial charge in [-0.1, -0.05) is 121 Å². The first-order valence-corrected chi connectivity index (χ1v) is 56.9. The van der Waals surface area contributed by atoms with Gasteiger partial charge in [0.05, 0.1) is 63.4 Å². The Morgan fingerprint density at radius 1 is 0.385 bits per heavy atom. The zero-order chi connectivity index (χ0) is 109. The van der Waals surface area contributed by atoms with E-state index < -0.39 is 96.5 Å². The summed E-state index contributed by atoms with van der Waals surface area (Å²) in [5.41, 5.74) is 10.5. The summed E-state index contributed by atoms with van der Waals surface area (Å²) < 4.78 is 166. The fourth-order valence-electron chi connectivity index (χ4n) is 13.7. The lowest BCUT2D eigenvalue weighted by Gasteiger charge is -2.31. The van der Waals surface area contributed by atoms with Crippen LogP contribution in [0.4, 0.5) is 11.4 Å². The first-order valence-electron chi connectivity index (χ1n) is 44.8. The molecule has 8 aromatic heterocycles. The maximum Gasteiger partial charge on any atom is 0.488 e. The monoisotopic (exact) mass is 2430 g/mol. The minimum Gasteiger partial charge on any atom is -0.423 e. The highest BCUT2D eigenvalue weighted by atomic mass is 127. The van der Waals surface area contributed by atoms with Crippen LogP contribution in [0.2, 0.25) is 0 Å². The summed E-state index contributed by atoms with van der Waals surface area (Å²) in [6.07, 6.45) is 15.0. The summed E-state index contributed by atoms with van der Waals surface area (Å²) >= 11 is 11.9. The molecule has 2 amide bonds. The van der Waals surface area contributed by atoms with Crippen LogP contribution in [0.3, 0.4) is 0 Å². The molecule has 0 saturated carbocycles. The molecule has 8 heterocycles. The molecule has 148 heavy (non-hydrogen) atoms. The van der Waals surface area contributed by atoms with Crippen LogP contribution < -0.4 is 21.6 Å². The van der Waals surface area contributed by atoms with E-state index in [1.807, 2.05) is 100 Å². The van der Waals surface area contributed by atoms with Gasteiger partial charge in [0, 0.05) is 109 Å². The Morgan fingerprint density at radius 2 is 0.703 bits per heavy atom. The number of H-pyrrole nitrogens is 2. The van der Waals surface area contributed by atoms with Crippen molar-refractivity contribution in [1.82, 2.24) is 75.0 Å². The molecule has 776 valence electrons. The lowest BCUT2D eigenvalue weighted by Crippen LogP contribution is -2.42. The van der Waals surface area contributed by atoms with Crippen molar-refractivity contribution in [2.45, 2.75) is 148 Å². The Bertz CT molecular complexity index is 8440. The molecule has 0 radical (unpaired) electrons. The van der Waals surface area contributed by atoms with Crippen LogP contribution in [0.1, 0.15) is 94.2 Å². The molecule has 0 aliphatic carbocycles. The van der Waals surface area contributed by atoms with Crippen LogP contribution in [0.25, 0.3) is 89.3 Å². The third-order valence-corrected chi connectivity index (χ3v) is 36.7. The van der Waals surface area contributed by atoms with Crippen molar-refractivity contribution in [2.75, 3.05) is 38.8 Å². The van der Waals surface area contributed by atoms with Crippen LogP contribution in [0.15, 0.2) is 312 Å². The predicted molar refractivity (Wildman–Crippen MR) is 597 cm³/mol. The Morgan fingerprint density at radius 3 is 1.10 bits per heavy atom. The van der Waals surface area contributed by atoms with E-state index in [-0.39, 0.29) is 52.3 Å². The predicted octanol–water partition coefficient (Wildman–Crippen LogP) is 16.1. The average Bonchev–Trinajstić information content (AvgIpc) is 1.58. The zero-order valence-corrected chi connectivity index (χ0v) is 95.4. The van der Waals surface area contributed by atoms with Gasteiger partial charge in [0.2, 0.25) is 51.9 Å².